The monoisotopic (exact) mass is 340 g/mol. The van der Waals surface area contributed by atoms with Crippen LogP contribution in [-0.4, -0.2) is 28.7 Å². The normalized spacial score (nSPS) is 14.1. The second-order valence-electron chi connectivity index (χ2n) is 6.24. The minimum Gasteiger partial charge on any atom is -0.393 e. The molecule has 0 radical (unpaired) electrons. The second-order valence-corrected chi connectivity index (χ2v) is 7.14. The summed E-state index contributed by atoms with van der Waals surface area (Å²) in [5, 5.41) is 9.16. The molecule has 0 amide bonds. The van der Waals surface area contributed by atoms with Crippen molar-refractivity contribution in [2.24, 2.45) is 5.92 Å². The van der Waals surface area contributed by atoms with Crippen molar-refractivity contribution in [3.8, 4) is 0 Å². The molecule has 0 saturated heterocycles. The lowest BCUT2D eigenvalue weighted by atomic mass is 9.96. The third-order valence-corrected chi connectivity index (χ3v) is 3.62. The Labute approximate surface area is 137 Å². The number of aliphatic hydroxyl groups is 1. The average molecular weight is 341 g/mol. The molecule has 6 heteroatoms. The van der Waals surface area contributed by atoms with E-state index < -0.39 is 10.4 Å². The molecule has 2 atom stereocenters. The highest BCUT2D eigenvalue weighted by Gasteiger charge is 2.02. The van der Waals surface area contributed by atoms with E-state index in [9.17, 15) is 0 Å². The van der Waals surface area contributed by atoms with Gasteiger partial charge >= 0.3 is 10.4 Å². The smallest absolute Gasteiger partial charge is 0.393 e. The summed E-state index contributed by atoms with van der Waals surface area (Å²) in [7, 11) is -4.67. The number of rotatable bonds is 12. The summed E-state index contributed by atoms with van der Waals surface area (Å²) >= 11 is 0. The Kier molecular flexibility index (Phi) is 17.2. The summed E-state index contributed by atoms with van der Waals surface area (Å²) in [6.07, 6.45) is 14.6. The lowest BCUT2D eigenvalue weighted by molar-refractivity contribution is 0.179. The third kappa shape index (κ3) is 32.0. The minimum absolute atomic E-state index is 0.108. The third-order valence-electron chi connectivity index (χ3n) is 3.62. The van der Waals surface area contributed by atoms with Crippen LogP contribution in [0.5, 0.6) is 0 Å². The van der Waals surface area contributed by atoms with Crippen molar-refractivity contribution < 1.29 is 22.6 Å². The Hall–Kier alpha value is -0.170. The molecule has 136 valence electrons. The van der Waals surface area contributed by atoms with Crippen LogP contribution in [0.25, 0.3) is 0 Å². The van der Waals surface area contributed by atoms with Gasteiger partial charge in [0.25, 0.3) is 0 Å². The second kappa shape index (κ2) is 15.7. The quantitative estimate of drug-likeness (QED) is 0.355. The molecule has 0 bridgehead atoms. The molecule has 0 aliphatic carbocycles. The fraction of sp³-hybridized carbons (Fsp3) is 1.00. The standard InChI is InChI=1S/C16H34O.H2O4S/c1-4-5-6-7-8-9-12-15(2)13-10-11-14-16(3)17;1-5(2,3)4/h15-17H,4-14H2,1-3H3;(H2,1,2,3,4). The van der Waals surface area contributed by atoms with Gasteiger partial charge in [-0.25, -0.2) is 0 Å². The molecule has 0 aromatic rings. The van der Waals surface area contributed by atoms with Gasteiger partial charge < -0.3 is 5.11 Å². The Morgan fingerprint density at radius 3 is 1.59 bits per heavy atom. The summed E-state index contributed by atoms with van der Waals surface area (Å²) < 4.78 is 31.6. The summed E-state index contributed by atoms with van der Waals surface area (Å²) in [5.41, 5.74) is 0. The van der Waals surface area contributed by atoms with E-state index in [1.54, 1.807) is 0 Å². The molecule has 22 heavy (non-hydrogen) atoms. The van der Waals surface area contributed by atoms with Crippen LogP contribution < -0.4 is 0 Å². The van der Waals surface area contributed by atoms with E-state index in [-0.39, 0.29) is 6.10 Å². The van der Waals surface area contributed by atoms with E-state index in [1.807, 2.05) is 6.92 Å². The molecule has 0 aromatic heterocycles. The Bertz CT molecular complexity index is 306. The van der Waals surface area contributed by atoms with Crippen LogP contribution in [0.1, 0.15) is 91.4 Å². The molecule has 0 aliphatic rings. The first-order valence-corrected chi connectivity index (χ1v) is 9.94. The molecule has 0 spiro atoms. The van der Waals surface area contributed by atoms with Crippen LogP contribution in [0.15, 0.2) is 0 Å². The molecule has 0 heterocycles. The average Bonchev–Trinajstić information content (AvgIpc) is 2.36. The van der Waals surface area contributed by atoms with Gasteiger partial charge in [-0.15, -0.1) is 0 Å². The lowest BCUT2D eigenvalue weighted by Gasteiger charge is -2.11. The summed E-state index contributed by atoms with van der Waals surface area (Å²) in [5.74, 6) is 0.884. The zero-order valence-electron chi connectivity index (χ0n) is 14.5. The largest absolute Gasteiger partial charge is 0.394 e. The van der Waals surface area contributed by atoms with Crippen molar-refractivity contribution in [1.29, 1.82) is 0 Å². The maximum absolute atomic E-state index is 9.16. The molecule has 0 saturated carbocycles. The van der Waals surface area contributed by atoms with Gasteiger partial charge in [-0.2, -0.15) is 8.42 Å². The van der Waals surface area contributed by atoms with Gasteiger partial charge in [0.2, 0.25) is 0 Å². The SMILES string of the molecule is CCCCCCCCC(C)CCCCC(C)O.O=S(=O)(O)O. The van der Waals surface area contributed by atoms with Crippen molar-refractivity contribution in [3.63, 3.8) is 0 Å². The fourth-order valence-corrected chi connectivity index (χ4v) is 2.35. The van der Waals surface area contributed by atoms with Gasteiger partial charge in [0.15, 0.2) is 0 Å². The molecule has 0 aromatic carbocycles. The highest BCUT2D eigenvalue weighted by atomic mass is 32.3. The summed E-state index contributed by atoms with van der Waals surface area (Å²) in [6.45, 7) is 6.55. The summed E-state index contributed by atoms with van der Waals surface area (Å²) in [4.78, 5) is 0. The highest BCUT2D eigenvalue weighted by Crippen LogP contribution is 2.17. The van der Waals surface area contributed by atoms with E-state index in [0.29, 0.717) is 0 Å². The van der Waals surface area contributed by atoms with Gasteiger partial charge in [-0.1, -0.05) is 78.1 Å². The van der Waals surface area contributed by atoms with Crippen molar-refractivity contribution in [2.45, 2.75) is 97.5 Å². The molecule has 2 unspecified atom stereocenters. The van der Waals surface area contributed by atoms with Gasteiger partial charge in [0, 0.05) is 0 Å². The maximum atomic E-state index is 9.16. The fourth-order valence-electron chi connectivity index (χ4n) is 2.35. The molecular weight excluding hydrogens is 304 g/mol. The van der Waals surface area contributed by atoms with Crippen LogP contribution in [0.4, 0.5) is 0 Å². The first-order valence-electron chi connectivity index (χ1n) is 8.54. The Balaban J connectivity index is 0. The van der Waals surface area contributed by atoms with Crippen LogP contribution in [0.2, 0.25) is 0 Å². The Morgan fingerprint density at radius 2 is 1.14 bits per heavy atom. The van der Waals surface area contributed by atoms with E-state index in [4.69, 9.17) is 22.6 Å². The predicted molar refractivity (Wildman–Crippen MR) is 91.5 cm³/mol. The van der Waals surface area contributed by atoms with Crippen LogP contribution in [-0.2, 0) is 10.4 Å². The van der Waals surface area contributed by atoms with Gasteiger partial charge in [0.1, 0.15) is 0 Å². The number of hydrogen-bond donors (Lipinski definition) is 3. The predicted octanol–water partition coefficient (Wildman–Crippen LogP) is 4.66. The van der Waals surface area contributed by atoms with E-state index in [2.05, 4.69) is 13.8 Å². The van der Waals surface area contributed by atoms with Crippen LogP contribution in [0.3, 0.4) is 0 Å². The van der Waals surface area contributed by atoms with Crippen molar-refractivity contribution >= 4 is 10.4 Å². The van der Waals surface area contributed by atoms with E-state index in [0.717, 1.165) is 12.3 Å². The minimum atomic E-state index is -4.67. The molecular formula is C16H36O5S. The lowest BCUT2D eigenvalue weighted by Crippen LogP contribution is -2.00. The maximum Gasteiger partial charge on any atom is 0.394 e. The van der Waals surface area contributed by atoms with Crippen molar-refractivity contribution in [1.82, 2.24) is 0 Å². The first kappa shape index (κ1) is 24.1. The number of hydrogen-bond acceptors (Lipinski definition) is 3. The number of unbranched alkanes of at least 4 members (excludes halogenated alkanes) is 6. The molecule has 0 fully saturated rings. The first-order chi connectivity index (χ1) is 10.2. The topological polar surface area (TPSA) is 94.8 Å². The molecule has 5 nitrogen and oxygen atoms in total. The molecule has 0 aliphatic heterocycles. The summed E-state index contributed by atoms with van der Waals surface area (Å²) in [6, 6.07) is 0. The van der Waals surface area contributed by atoms with Crippen LogP contribution >= 0.6 is 0 Å². The van der Waals surface area contributed by atoms with Gasteiger partial charge in [0.05, 0.1) is 6.10 Å². The van der Waals surface area contributed by atoms with Crippen molar-refractivity contribution in [2.75, 3.05) is 0 Å². The zero-order chi connectivity index (χ0) is 17.4. The molecule has 0 rings (SSSR count). The van der Waals surface area contributed by atoms with E-state index >= 15 is 0 Å². The van der Waals surface area contributed by atoms with Gasteiger partial charge in [-0.3, -0.25) is 9.11 Å². The Morgan fingerprint density at radius 1 is 0.773 bits per heavy atom. The van der Waals surface area contributed by atoms with Gasteiger partial charge in [-0.05, 0) is 19.3 Å². The van der Waals surface area contributed by atoms with Crippen molar-refractivity contribution in [3.05, 3.63) is 0 Å². The molecule has 3 N–H and O–H groups in total. The van der Waals surface area contributed by atoms with E-state index in [1.165, 1.54) is 64.2 Å². The highest BCUT2D eigenvalue weighted by molar-refractivity contribution is 7.79. The number of aliphatic hydroxyl groups excluding tert-OH is 1. The van der Waals surface area contributed by atoms with Crippen LogP contribution in [0, 0.1) is 5.92 Å². The zero-order valence-corrected chi connectivity index (χ0v) is 15.3.